The molecular formula is C16H16N4OS. The van der Waals surface area contributed by atoms with Crippen molar-refractivity contribution in [3.05, 3.63) is 70.7 Å². The van der Waals surface area contributed by atoms with Crippen molar-refractivity contribution in [1.82, 2.24) is 19.9 Å². The van der Waals surface area contributed by atoms with E-state index in [0.717, 1.165) is 11.3 Å². The molecule has 1 atom stereocenters. The number of rotatable bonds is 5. The van der Waals surface area contributed by atoms with Gasteiger partial charge in [-0.1, -0.05) is 12.1 Å². The first-order valence-corrected chi connectivity index (χ1v) is 7.90. The molecule has 0 bridgehead atoms. The van der Waals surface area contributed by atoms with Crippen LogP contribution >= 0.6 is 11.3 Å². The average Bonchev–Trinajstić information content (AvgIpc) is 3.20. The second-order valence-electron chi connectivity index (χ2n) is 5.04. The number of benzene rings is 1. The van der Waals surface area contributed by atoms with Gasteiger partial charge in [0.15, 0.2) is 0 Å². The van der Waals surface area contributed by atoms with Crippen molar-refractivity contribution in [2.45, 2.75) is 19.5 Å². The van der Waals surface area contributed by atoms with Crippen molar-refractivity contribution < 1.29 is 4.79 Å². The van der Waals surface area contributed by atoms with E-state index in [1.807, 2.05) is 47.3 Å². The Labute approximate surface area is 132 Å². The normalized spacial score (nSPS) is 12.0. The number of nitrogens with one attached hydrogen (secondary N) is 1. The Hall–Kier alpha value is -2.47. The fourth-order valence-corrected chi connectivity index (χ4v) is 2.84. The SMILES string of the molecule is CC(NC(=O)c1cccc(Cn2ccnc2)c1)c1cscn1. The minimum Gasteiger partial charge on any atom is -0.344 e. The first kappa shape index (κ1) is 14.5. The maximum Gasteiger partial charge on any atom is 0.251 e. The van der Waals surface area contributed by atoms with Gasteiger partial charge >= 0.3 is 0 Å². The van der Waals surface area contributed by atoms with E-state index in [0.29, 0.717) is 12.1 Å². The molecule has 3 rings (SSSR count). The van der Waals surface area contributed by atoms with Crippen molar-refractivity contribution in [3.8, 4) is 0 Å². The molecule has 6 heteroatoms. The van der Waals surface area contributed by atoms with Crippen molar-refractivity contribution in [2.75, 3.05) is 0 Å². The highest BCUT2D eigenvalue weighted by atomic mass is 32.1. The van der Waals surface area contributed by atoms with E-state index in [9.17, 15) is 4.79 Å². The number of imidazole rings is 1. The highest BCUT2D eigenvalue weighted by Crippen LogP contribution is 2.14. The topological polar surface area (TPSA) is 59.8 Å². The molecule has 0 aliphatic heterocycles. The van der Waals surface area contributed by atoms with Gasteiger partial charge in [0, 0.05) is 29.9 Å². The van der Waals surface area contributed by atoms with Crippen LogP contribution in [0.5, 0.6) is 0 Å². The lowest BCUT2D eigenvalue weighted by atomic mass is 10.1. The first-order chi connectivity index (χ1) is 10.7. The maximum atomic E-state index is 12.4. The number of hydrogen-bond acceptors (Lipinski definition) is 4. The molecule has 3 aromatic rings. The molecule has 0 fully saturated rings. The molecule has 0 aliphatic carbocycles. The lowest BCUT2D eigenvalue weighted by molar-refractivity contribution is 0.0939. The molecule has 2 aromatic heterocycles. The van der Waals surface area contributed by atoms with Crippen molar-refractivity contribution in [1.29, 1.82) is 0 Å². The molecule has 0 aliphatic rings. The van der Waals surface area contributed by atoms with Crippen LogP contribution in [0.15, 0.2) is 53.9 Å². The maximum absolute atomic E-state index is 12.4. The second kappa shape index (κ2) is 6.53. The third-order valence-electron chi connectivity index (χ3n) is 3.36. The summed E-state index contributed by atoms with van der Waals surface area (Å²) in [6.07, 6.45) is 5.40. The van der Waals surface area contributed by atoms with Crippen molar-refractivity contribution in [2.24, 2.45) is 0 Å². The predicted molar refractivity (Wildman–Crippen MR) is 85.8 cm³/mol. The third-order valence-corrected chi connectivity index (χ3v) is 3.96. The van der Waals surface area contributed by atoms with Gasteiger partial charge in [-0.05, 0) is 24.6 Å². The van der Waals surface area contributed by atoms with Gasteiger partial charge in [0.25, 0.3) is 5.91 Å². The number of amides is 1. The summed E-state index contributed by atoms with van der Waals surface area (Å²) in [4.78, 5) is 20.6. The average molecular weight is 312 g/mol. The molecular weight excluding hydrogens is 296 g/mol. The summed E-state index contributed by atoms with van der Waals surface area (Å²) in [6.45, 7) is 2.63. The van der Waals surface area contributed by atoms with Gasteiger partial charge in [-0.3, -0.25) is 4.79 Å². The number of carbonyl (C=O) groups excluding carboxylic acids is 1. The van der Waals surface area contributed by atoms with E-state index in [1.165, 1.54) is 11.3 Å². The Bertz CT molecular complexity index is 737. The Balaban J connectivity index is 1.70. The lowest BCUT2D eigenvalue weighted by Gasteiger charge is -2.12. The van der Waals surface area contributed by atoms with Crippen LogP contribution in [-0.4, -0.2) is 20.4 Å². The van der Waals surface area contributed by atoms with Gasteiger partial charge in [-0.25, -0.2) is 9.97 Å². The van der Waals surface area contributed by atoms with Gasteiger partial charge < -0.3 is 9.88 Å². The quantitative estimate of drug-likeness (QED) is 0.788. The number of carbonyl (C=O) groups is 1. The fourth-order valence-electron chi connectivity index (χ4n) is 2.19. The predicted octanol–water partition coefficient (Wildman–Crippen LogP) is 2.88. The van der Waals surface area contributed by atoms with Crippen LogP contribution in [0.4, 0.5) is 0 Å². The molecule has 1 unspecified atom stereocenters. The summed E-state index contributed by atoms with van der Waals surface area (Å²) in [5.41, 5.74) is 4.36. The van der Waals surface area contributed by atoms with E-state index in [-0.39, 0.29) is 11.9 Å². The molecule has 0 saturated carbocycles. The molecule has 1 amide bonds. The van der Waals surface area contributed by atoms with E-state index in [4.69, 9.17) is 0 Å². The van der Waals surface area contributed by atoms with Crippen LogP contribution in [-0.2, 0) is 6.54 Å². The second-order valence-corrected chi connectivity index (χ2v) is 5.76. The molecule has 5 nitrogen and oxygen atoms in total. The molecule has 0 spiro atoms. The minimum atomic E-state index is -0.101. The highest BCUT2D eigenvalue weighted by molar-refractivity contribution is 7.07. The van der Waals surface area contributed by atoms with Gasteiger partial charge in [0.1, 0.15) is 0 Å². The van der Waals surface area contributed by atoms with E-state index in [1.54, 1.807) is 18.0 Å². The number of hydrogen-bond donors (Lipinski definition) is 1. The summed E-state index contributed by atoms with van der Waals surface area (Å²) in [5, 5.41) is 4.92. The molecule has 22 heavy (non-hydrogen) atoms. The van der Waals surface area contributed by atoms with Crippen LogP contribution in [0.2, 0.25) is 0 Å². The zero-order valence-corrected chi connectivity index (χ0v) is 13.0. The Morgan fingerprint density at radius 2 is 2.36 bits per heavy atom. The summed E-state index contributed by atoms with van der Waals surface area (Å²) in [7, 11) is 0. The lowest BCUT2D eigenvalue weighted by Crippen LogP contribution is -2.26. The summed E-state index contributed by atoms with van der Waals surface area (Å²) in [6, 6.07) is 7.52. The van der Waals surface area contributed by atoms with E-state index >= 15 is 0 Å². The fraction of sp³-hybridized carbons (Fsp3) is 0.188. The van der Waals surface area contributed by atoms with Crippen molar-refractivity contribution in [3.63, 3.8) is 0 Å². The zero-order valence-electron chi connectivity index (χ0n) is 12.1. The number of aromatic nitrogens is 3. The van der Waals surface area contributed by atoms with Crippen LogP contribution in [0, 0.1) is 0 Å². The van der Waals surface area contributed by atoms with Gasteiger partial charge in [-0.15, -0.1) is 11.3 Å². The monoisotopic (exact) mass is 312 g/mol. The van der Waals surface area contributed by atoms with Crippen molar-refractivity contribution >= 4 is 17.2 Å². The van der Waals surface area contributed by atoms with Gasteiger partial charge in [-0.2, -0.15) is 0 Å². The van der Waals surface area contributed by atoms with Gasteiger partial charge in [0.05, 0.1) is 23.6 Å². The number of nitrogens with zero attached hydrogens (tertiary/aromatic N) is 3. The smallest absolute Gasteiger partial charge is 0.251 e. The first-order valence-electron chi connectivity index (χ1n) is 6.96. The number of thiazole rings is 1. The van der Waals surface area contributed by atoms with E-state index in [2.05, 4.69) is 15.3 Å². The molecule has 112 valence electrons. The third kappa shape index (κ3) is 3.40. The van der Waals surface area contributed by atoms with Crippen LogP contribution in [0.3, 0.4) is 0 Å². The van der Waals surface area contributed by atoms with E-state index < -0.39 is 0 Å². The van der Waals surface area contributed by atoms with Crippen LogP contribution < -0.4 is 5.32 Å². The standard InChI is InChI=1S/C16H16N4OS/c1-12(15-9-22-11-18-15)19-16(21)14-4-2-3-13(7-14)8-20-6-5-17-10-20/h2-7,9-12H,8H2,1H3,(H,19,21). The Kier molecular flexibility index (Phi) is 4.29. The molecule has 2 heterocycles. The van der Waals surface area contributed by atoms with Crippen LogP contribution in [0.25, 0.3) is 0 Å². The minimum absolute atomic E-state index is 0.0898. The molecule has 0 radical (unpaired) electrons. The van der Waals surface area contributed by atoms with Crippen LogP contribution in [0.1, 0.15) is 34.6 Å². The Morgan fingerprint density at radius 3 is 3.09 bits per heavy atom. The summed E-state index contributed by atoms with van der Waals surface area (Å²) in [5.74, 6) is -0.0898. The molecule has 1 N–H and O–H groups in total. The molecule has 0 saturated heterocycles. The highest BCUT2D eigenvalue weighted by Gasteiger charge is 2.13. The largest absolute Gasteiger partial charge is 0.344 e. The Morgan fingerprint density at radius 1 is 1.45 bits per heavy atom. The zero-order chi connectivity index (χ0) is 15.4. The van der Waals surface area contributed by atoms with Gasteiger partial charge in [0.2, 0.25) is 0 Å². The summed E-state index contributed by atoms with van der Waals surface area (Å²) < 4.78 is 1.97. The molecule has 1 aromatic carbocycles. The summed E-state index contributed by atoms with van der Waals surface area (Å²) >= 11 is 1.52.